The van der Waals surface area contributed by atoms with Gasteiger partial charge in [0, 0.05) is 15.4 Å². The molecule has 0 aliphatic rings. The monoisotopic (exact) mass is 483 g/mol. The van der Waals surface area contributed by atoms with Gasteiger partial charge in [0.05, 0.1) is 6.10 Å². The molecular formula is C21H26INO4. The van der Waals surface area contributed by atoms with Gasteiger partial charge in [0.2, 0.25) is 0 Å². The molecule has 1 amide bonds. The molecule has 2 rings (SSSR count). The van der Waals surface area contributed by atoms with Crippen molar-refractivity contribution in [2.45, 2.75) is 38.9 Å². The summed E-state index contributed by atoms with van der Waals surface area (Å²) in [5.74, 6) is 0.659. The highest BCUT2D eigenvalue weighted by Gasteiger charge is 2.48. The van der Waals surface area contributed by atoms with Gasteiger partial charge < -0.3 is 20.3 Å². The summed E-state index contributed by atoms with van der Waals surface area (Å²) in [6, 6.07) is 16.8. The van der Waals surface area contributed by atoms with Gasteiger partial charge in [0.15, 0.2) is 5.60 Å². The molecule has 0 aliphatic heterocycles. The molecule has 6 heteroatoms. The number of ether oxygens (including phenoxy) is 2. The van der Waals surface area contributed by atoms with Gasteiger partial charge >= 0.3 is 6.09 Å². The van der Waals surface area contributed by atoms with E-state index in [0.717, 1.165) is 9.13 Å². The van der Waals surface area contributed by atoms with E-state index in [1.54, 1.807) is 0 Å². The number of nitrogens with two attached hydrogens (primary N) is 1. The Hall–Kier alpha value is -1.80. The lowest BCUT2D eigenvalue weighted by atomic mass is 9.72. The lowest BCUT2D eigenvalue weighted by Gasteiger charge is -2.44. The molecular weight excluding hydrogens is 457 g/mol. The Morgan fingerprint density at radius 2 is 1.70 bits per heavy atom. The fourth-order valence-electron chi connectivity index (χ4n) is 2.83. The highest BCUT2D eigenvalue weighted by molar-refractivity contribution is 14.1. The van der Waals surface area contributed by atoms with Crippen molar-refractivity contribution >= 4 is 28.7 Å². The zero-order valence-electron chi connectivity index (χ0n) is 15.8. The number of carbonyl (C=O) groups is 1. The van der Waals surface area contributed by atoms with Crippen LogP contribution in [0.3, 0.4) is 0 Å². The quantitative estimate of drug-likeness (QED) is 0.561. The molecule has 0 saturated heterocycles. The summed E-state index contributed by atoms with van der Waals surface area (Å²) in [4.78, 5) is 11.7. The maximum Gasteiger partial charge on any atom is 0.405 e. The number of hydrogen-bond acceptors (Lipinski definition) is 4. The van der Waals surface area contributed by atoms with Crippen molar-refractivity contribution in [3.05, 3.63) is 63.7 Å². The van der Waals surface area contributed by atoms with Crippen molar-refractivity contribution in [3.63, 3.8) is 0 Å². The summed E-state index contributed by atoms with van der Waals surface area (Å²) in [6.45, 7) is 5.88. The highest BCUT2D eigenvalue weighted by Crippen LogP contribution is 2.41. The third-order valence-electron chi connectivity index (χ3n) is 4.66. The minimum absolute atomic E-state index is 0.0733. The van der Waals surface area contributed by atoms with Gasteiger partial charge in [-0.15, -0.1) is 0 Å². The normalized spacial score (nSPS) is 14.9. The molecule has 0 heterocycles. The Labute approximate surface area is 174 Å². The molecule has 2 aromatic rings. The third-order valence-corrected chi connectivity index (χ3v) is 5.38. The highest BCUT2D eigenvalue weighted by atomic mass is 127. The predicted molar refractivity (Wildman–Crippen MR) is 114 cm³/mol. The summed E-state index contributed by atoms with van der Waals surface area (Å²) in [7, 11) is 0. The van der Waals surface area contributed by atoms with Gasteiger partial charge in [-0.25, -0.2) is 4.79 Å². The Kier molecular flexibility index (Phi) is 7.11. The van der Waals surface area contributed by atoms with Gasteiger partial charge in [0.1, 0.15) is 12.4 Å². The summed E-state index contributed by atoms with van der Waals surface area (Å²) < 4.78 is 12.6. The Bertz CT molecular complexity index is 743. The fraction of sp³-hybridized carbons (Fsp3) is 0.381. The van der Waals surface area contributed by atoms with E-state index in [1.807, 2.05) is 75.4 Å². The number of primary amides is 1. The van der Waals surface area contributed by atoms with Crippen LogP contribution in [0, 0.1) is 8.99 Å². The van der Waals surface area contributed by atoms with Crippen molar-refractivity contribution in [3.8, 4) is 5.75 Å². The molecule has 2 aromatic carbocycles. The standard InChI is InChI=1S/C21H26INO4/c1-20(2,3)21(27-19(23)25,13-18(24)15-7-5-4-6-8-15)14-26-17-11-9-16(22)10-12-17/h4-12,18,24H,13-14H2,1-3H3,(H2,23,25)/t18-,21?/m1/s1. The number of aliphatic hydroxyl groups is 1. The number of amides is 1. The van der Waals surface area contributed by atoms with Gasteiger partial charge in [0.25, 0.3) is 0 Å². The maximum absolute atomic E-state index is 11.7. The zero-order chi connectivity index (χ0) is 20.1. The summed E-state index contributed by atoms with van der Waals surface area (Å²) >= 11 is 2.22. The molecule has 3 N–H and O–H groups in total. The molecule has 2 atom stereocenters. The number of aliphatic hydroxyl groups excluding tert-OH is 1. The minimum atomic E-state index is -1.11. The van der Waals surface area contributed by atoms with Gasteiger partial charge in [-0.2, -0.15) is 0 Å². The average molecular weight is 483 g/mol. The number of rotatable bonds is 7. The molecule has 0 saturated carbocycles. The second-order valence-electron chi connectivity index (χ2n) is 7.54. The Balaban J connectivity index is 2.30. The number of halogens is 1. The van der Waals surface area contributed by atoms with Gasteiger partial charge in [-0.1, -0.05) is 51.1 Å². The van der Waals surface area contributed by atoms with Crippen LogP contribution >= 0.6 is 22.6 Å². The first kappa shape index (κ1) is 21.5. The van der Waals surface area contributed by atoms with E-state index in [4.69, 9.17) is 15.2 Å². The van der Waals surface area contributed by atoms with Crippen LogP contribution in [-0.2, 0) is 4.74 Å². The molecule has 0 aliphatic carbocycles. The molecule has 0 fully saturated rings. The molecule has 5 nitrogen and oxygen atoms in total. The van der Waals surface area contributed by atoms with E-state index in [1.165, 1.54) is 0 Å². The lowest BCUT2D eigenvalue weighted by molar-refractivity contribution is -0.116. The maximum atomic E-state index is 11.7. The van der Waals surface area contributed by atoms with E-state index in [-0.39, 0.29) is 13.0 Å². The van der Waals surface area contributed by atoms with Crippen LogP contribution in [0.4, 0.5) is 4.79 Å². The van der Waals surface area contributed by atoms with Crippen molar-refractivity contribution < 1.29 is 19.4 Å². The van der Waals surface area contributed by atoms with Crippen molar-refractivity contribution in [1.82, 2.24) is 0 Å². The first-order valence-corrected chi connectivity index (χ1v) is 9.81. The van der Waals surface area contributed by atoms with E-state index in [9.17, 15) is 9.90 Å². The van der Waals surface area contributed by atoms with Crippen LogP contribution in [0.25, 0.3) is 0 Å². The van der Waals surface area contributed by atoms with Crippen LogP contribution in [0.15, 0.2) is 54.6 Å². The molecule has 146 valence electrons. The second kappa shape index (κ2) is 8.93. The first-order chi connectivity index (χ1) is 12.6. The average Bonchev–Trinajstić information content (AvgIpc) is 2.60. The predicted octanol–water partition coefficient (Wildman–Crippen LogP) is 4.67. The molecule has 27 heavy (non-hydrogen) atoms. The van der Waals surface area contributed by atoms with Crippen LogP contribution in [0.2, 0.25) is 0 Å². The van der Waals surface area contributed by atoms with Crippen LogP contribution in [0.1, 0.15) is 38.9 Å². The van der Waals surface area contributed by atoms with Crippen molar-refractivity contribution in [1.29, 1.82) is 0 Å². The third kappa shape index (κ3) is 5.84. The Morgan fingerprint density at radius 3 is 2.22 bits per heavy atom. The lowest BCUT2D eigenvalue weighted by Crippen LogP contribution is -2.53. The van der Waals surface area contributed by atoms with Gasteiger partial charge in [-0.3, -0.25) is 0 Å². The molecule has 1 unspecified atom stereocenters. The van der Waals surface area contributed by atoms with Crippen LogP contribution in [-0.4, -0.2) is 23.4 Å². The summed E-state index contributed by atoms with van der Waals surface area (Å²) in [6.07, 6.45) is -1.56. The summed E-state index contributed by atoms with van der Waals surface area (Å²) in [5, 5.41) is 10.8. The first-order valence-electron chi connectivity index (χ1n) is 8.73. The zero-order valence-corrected chi connectivity index (χ0v) is 18.0. The van der Waals surface area contributed by atoms with E-state index >= 15 is 0 Å². The fourth-order valence-corrected chi connectivity index (χ4v) is 3.19. The number of benzene rings is 2. The number of carbonyl (C=O) groups excluding carboxylic acids is 1. The van der Waals surface area contributed by atoms with Crippen LogP contribution < -0.4 is 10.5 Å². The molecule has 0 aromatic heterocycles. The van der Waals surface area contributed by atoms with E-state index in [0.29, 0.717) is 5.75 Å². The van der Waals surface area contributed by atoms with E-state index in [2.05, 4.69) is 22.6 Å². The van der Waals surface area contributed by atoms with Crippen LogP contribution in [0.5, 0.6) is 5.75 Å². The molecule has 0 spiro atoms. The largest absolute Gasteiger partial charge is 0.489 e. The van der Waals surface area contributed by atoms with E-state index < -0.39 is 23.2 Å². The minimum Gasteiger partial charge on any atom is -0.489 e. The molecule has 0 bridgehead atoms. The van der Waals surface area contributed by atoms with Crippen molar-refractivity contribution in [2.75, 3.05) is 6.61 Å². The number of hydrogen-bond donors (Lipinski definition) is 2. The van der Waals surface area contributed by atoms with Crippen molar-refractivity contribution in [2.24, 2.45) is 11.1 Å². The molecule has 0 radical (unpaired) electrons. The smallest absolute Gasteiger partial charge is 0.405 e. The SMILES string of the molecule is CC(C)(C)C(COc1ccc(I)cc1)(C[C@@H](O)c1ccccc1)OC(N)=O. The topological polar surface area (TPSA) is 81.8 Å². The second-order valence-corrected chi connectivity index (χ2v) is 8.78. The van der Waals surface area contributed by atoms with Gasteiger partial charge in [-0.05, 0) is 52.4 Å². The summed E-state index contributed by atoms with van der Waals surface area (Å²) in [5.41, 5.74) is 4.48. The Morgan fingerprint density at radius 1 is 1.11 bits per heavy atom.